The summed E-state index contributed by atoms with van der Waals surface area (Å²) in [5, 5.41) is 13.7. The Bertz CT molecular complexity index is 580. The summed E-state index contributed by atoms with van der Waals surface area (Å²) in [5.41, 5.74) is 2.33. The molecule has 120 valence electrons. The number of ether oxygens (including phenoxy) is 1. The number of benzene rings is 1. The van der Waals surface area contributed by atoms with Crippen LogP contribution in [0.1, 0.15) is 49.3 Å². The van der Waals surface area contributed by atoms with Gasteiger partial charge in [0.15, 0.2) is 0 Å². The number of nitrogens with one attached hydrogen (secondary N) is 1. The number of aryl methyl sites for hydroxylation is 1. The molecular formula is C18H25NO3. The quantitative estimate of drug-likeness (QED) is 0.817. The van der Waals surface area contributed by atoms with Crippen molar-refractivity contribution in [2.45, 2.75) is 45.4 Å². The lowest BCUT2D eigenvalue weighted by Crippen LogP contribution is -2.30. The molecular weight excluding hydrogens is 278 g/mol. The van der Waals surface area contributed by atoms with Gasteiger partial charge in [-0.1, -0.05) is 17.7 Å². The average Bonchev–Trinajstić information content (AvgIpc) is 3.01. The van der Waals surface area contributed by atoms with Gasteiger partial charge in [0.2, 0.25) is 0 Å². The fourth-order valence-corrected chi connectivity index (χ4v) is 2.71. The lowest BCUT2D eigenvalue weighted by Gasteiger charge is -2.23. The van der Waals surface area contributed by atoms with E-state index >= 15 is 0 Å². The number of furan rings is 1. The molecule has 4 heteroatoms. The van der Waals surface area contributed by atoms with Crippen molar-refractivity contribution in [3.05, 3.63) is 53.5 Å². The highest BCUT2D eigenvalue weighted by Gasteiger charge is 2.18. The predicted octanol–water partition coefficient (Wildman–Crippen LogP) is 3.76. The molecule has 1 aromatic carbocycles. The van der Waals surface area contributed by atoms with Crippen LogP contribution < -0.4 is 10.1 Å². The molecule has 0 bridgehead atoms. The second kappa shape index (κ2) is 7.47. The summed E-state index contributed by atoms with van der Waals surface area (Å²) in [7, 11) is 1.69. The van der Waals surface area contributed by atoms with Gasteiger partial charge in [-0.25, -0.2) is 0 Å². The highest BCUT2D eigenvalue weighted by molar-refractivity contribution is 5.38. The van der Waals surface area contributed by atoms with Gasteiger partial charge in [0.25, 0.3) is 0 Å². The number of rotatable bonds is 7. The van der Waals surface area contributed by atoms with E-state index in [1.54, 1.807) is 25.5 Å². The van der Waals surface area contributed by atoms with Crippen molar-refractivity contribution in [1.82, 2.24) is 5.32 Å². The summed E-state index contributed by atoms with van der Waals surface area (Å²) in [5.74, 6) is 1.49. The molecule has 0 spiro atoms. The zero-order chi connectivity index (χ0) is 16.1. The molecule has 4 nitrogen and oxygen atoms in total. The summed E-state index contributed by atoms with van der Waals surface area (Å²) in [6, 6.07) is 10.0. The molecule has 2 aromatic rings. The van der Waals surface area contributed by atoms with Crippen molar-refractivity contribution >= 4 is 0 Å². The van der Waals surface area contributed by atoms with Crippen molar-refractivity contribution in [2.24, 2.45) is 0 Å². The third kappa shape index (κ3) is 4.12. The molecule has 0 aliphatic carbocycles. The number of aliphatic hydroxyl groups is 1. The van der Waals surface area contributed by atoms with Gasteiger partial charge in [-0.3, -0.25) is 0 Å². The first-order valence-electron chi connectivity index (χ1n) is 7.63. The van der Waals surface area contributed by atoms with E-state index in [1.165, 1.54) is 5.56 Å². The monoisotopic (exact) mass is 303 g/mol. The molecule has 3 unspecified atom stereocenters. The summed E-state index contributed by atoms with van der Waals surface area (Å²) < 4.78 is 10.7. The van der Waals surface area contributed by atoms with Crippen molar-refractivity contribution in [3.63, 3.8) is 0 Å². The summed E-state index contributed by atoms with van der Waals surface area (Å²) in [6.45, 7) is 6.23. The van der Waals surface area contributed by atoms with E-state index < -0.39 is 6.10 Å². The molecule has 0 aliphatic heterocycles. The van der Waals surface area contributed by atoms with E-state index in [0.717, 1.165) is 11.3 Å². The first-order valence-corrected chi connectivity index (χ1v) is 7.63. The molecule has 0 radical (unpaired) electrons. The summed E-state index contributed by atoms with van der Waals surface area (Å²) >= 11 is 0. The van der Waals surface area contributed by atoms with Crippen LogP contribution in [0.5, 0.6) is 5.75 Å². The Morgan fingerprint density at radius 2 is 2.05 bits per heavy atom. The lowest BCUT2D eigenvalue weighted by atomic mass is 10.0. The van der Waals surface area contributed by atoms with E-state index in [2.05, 4.69) is 32.2 Å². The lowest BCUT2D eigenvalue weighted by molar-refractivity contribution is 0.127. The van der Waals surface area contributed by atoms with Crippen LogP contribution in [0.25, 0.3) is 0 Å². The van der Waals surface area contributed by atoms with E-state index in [-0.39, 0.29) is 12.1 Å². The fraction of sp³-hybridized carbons (Fsp3) is 0.444. The largest absolute Gasteiger partial charge is 0.496 e. The first-order chi connectivity index (χ1) is 10.5. The molecule has 0 amide bonds. The zero-order valence-electron chi connectivity index (χ0n) is 13.7. The normalized spacial score (nSPS) is 15.3. The Labute approximate surface area is 132 Å². The molecule has 1 heterocycles. The number of hydrogen-bond acceptors (Lipinski definition) is 4. The van der Waals surface area contributed by atoms with Crippen LogP contribution in [-0.2, 0) is 0 Å². The Morgan fingerprint density at radius 1 is 1.27 bits per heavy atom. The molecule has 0 aliphatic rings. The van der Waals surface area contributed by atoms with Gasteiger partial charge in [-0.15, -0.1) is 0 Å². The van der Waals surface area contributed by atoms with Crippen molar-refractivity contribution in [3.8, 4) is 5.75 Å². The van der Waals surface area contributed by atoms with Gasteiger partial charge >= 0.3 is 0 Å². The molecule has 2 rings (SSSR count). The number of methoxy groups -OCH3 is 1. The molecule has 3 atom stereocenters. The van der Waals surface area contributed by atoms with Crippen molar-refractivity contribution in [1.29, 1.82) is 0 Å². The maximum Gasteiger partial charge on any atom is 0.132 e. The maximum atomic E-state index is 10.1. The van der Waals surface area contributed by atoms with Crippen molar-refractivity contribution in [2.75, 3.05) is 7.11 Å². The van der Waals surface area contributed by atoms with Gasteiger partial charge in [-0.05, 0) is 45.4 Å². The van der Waals surface area contributed by atoms with Gasteiger partial charge in [0, 0.05) is 17.6 Å². The molecule has 22 heavy (non-hydrogen) atoms. The molecule has 0 saturated heterocycles. The van der Waals surface area contributed by atoms with Crippen LogP contribution in [0.15, 0.2) is 41.0 Å². The Kier molecular flexibility index (Phi) is 5.63. The summed E-state index contributed by atoms with van der Waals surface area (Å²) in [6.07, 6.45) is 1.58. The predicted molar refractivity (Wildman–Crippen MR) is 87.0 cm³/mol. The van der Waals surface area contributed by atoms with Crippen LogP contribution in [0.3, 0.4) is 0 Å². The molecule has 2 N–H and O–H groups in total. The van der Waals surface area contributed by atoms with Crippen LogP contribution in [0, 0.1) is 6.92 Å². The Hall–Kier alpha value is -1.78. The van der Waals surface area contributed by atoms with E-state index in [9.17, 15) is 5.11 Å². The summed E-state index contributed by atoms with van der Waals surface area (Å²) in [4.78, 5) is 0. The zero-order valence-corrected chi connectivity index (χ0v) is 13.7. The van der Waals surface area contributed by atoms with E-state index in [0.29, 0.717) is 12.2 Å². The average molecular weight is 303 g/mol. The molecule has 1 aromatic heterocycles. The van der Waals surface area contributed by atoms with Crippen LogP contribution >= 0.6 is 0 Å². The molecule has 0 fully saturated rings. The standard InChI is InChI=1S/C18H25NO3/c1-12-7-8-17(21-4)15(10-12)14(3)19-13(2)11-16(20)18-6-5-9-22-18/h5-10,13-14,16,19-20H,11H2,1-4H3. The second-order valence-corrected chi connectivity index (χ2v) is 5.80. The number of hydrogen-bond donors (Lipinski definition) is 2. The highest BCUT2D eigenvalue weighted by Crippen LogP contribution is 2.27. The maximum absolute atomic E-state index is 10.1. The third-order valence-electron chi connectivity index (χ3n) is 3.83. The van der Waals surface area contributed by atoms with Gasteiger partial charge in [0.05, 0.1) is 13.4 Å². The van der Waals surface area contributed by atoms with E-state index in [4.69, 9.17) is 9.15 Å². The smallest absolute Gasteiger partial charge is 0.132 e. The first kappa shape index (κ1) is 16.6. The van der Waals surface area contributed by atoms with Crippen LogP contribution in [0.2, 0.25) is 0 Å². The van der Waals surface area contributed by atoms with Gasteiger partial charge in [0.1, 0.15) is 17.6 Å². The fourth-order valence-electron chi connectivity index (χ4n) is 2.71. The minimum atomic E-state index is -0.593. The third-order valence-corrected chi connectivity index (χ3v) is 3.83. The van der Waals surface area contributed by atoms with Gasteiger partial charge < -0.3 is 19.6 Å². The minimum Gasteiger partial charge on any atom is -0.496 e. The Balaban J connectivity index is 1.99. The van der Waals surface area contributed by atoms with Crippen LogP contribution in [-0.4, -0.2) is 18.3 Å². The molecule has 0 saturated carbocycles. The topological polar surface area (TPSA) is 54.6 Å². The minimum absolute atomic E-state index is 0.133. The second-order valence-electron chi connectivity index (χ2n) is 5.80. The van der Waals surface area contributed by atoms with E-state index in [1.807, 2.05) is 12.1 Å². The van der Waals surface area contributed by atoms with Gasteiger partial charge in [-0.2, -0.15) is 0 Å². The van der Waals surface area contributed by atoms with Crippen LogP contribution in [0.4, 0.5) is 0 Å². The highest BCUT2D eigenvalue weighted by atomic mass is 16.5. The SMILES string of the molecule is COc1ccc(C)cc1C(C)NC(C)CC(O)c1ccco1. The Morgan fingerprint density at radius 3 is 2.68 bits per heavy atom. The van der Waals surface area contributed by atoms with Crippen molar-refractivity contribution < 1.29 is 14.3 Å². The number of aliphatic hydroxyl groups excluding tert-OH is 1.